The maximum atomic E-state index is 10.3. The maximum absolute atomic E-state index is 10.3. The lowest BCUT2D eigenvalue weighted by Gasteiger charge is -2.16. The lowest BCUT2D eigenvalue weighted by Crippen LogP contribution is -2.33. The van der Waals surface area contributed by atoms with Crippen molar-refractivity contribution >= 4 is 28.6 Å². The lowest BCUT2D eigenvalue weighted by atomic mass is 10.1. The van der Waals surface area contributed by atoms with Gasteiger partial charge in [-0.2, -0.15) is 9.97 Å². The molecule has 0 aliphatic carbocycles. The Morgan fingerprint density at radius 2 is 1.93 bits per heavy atom. The fourth-order valence-corrected chi connectivity index (χ4v) is 3.02. The minimum absolute atomic E-state index is 0.0145. The van der Waals surface area contributed by atoms with Gasteiger partial charge in [-0.05, 0) is 24.3 Å². The van der Waals surface area contributed by atoms with Gasteiger partial charge in [-0.1, -0.05) is 0 Å². The van der Waals surface area contributed by atoms with Crippen LogP contribution in [0.25, 0.3) is 11.2 Å². The second kappa shape index (κ2) is 7.67. The number of aliphatic hydroxyl groups is 3. The van der Waals surface area contributed by atoms with Gasteiger partial charge in [0.2, 0.25) is 0 Å². The number of hydrogen-bond donors (Lipinski definition) is 4. The first kappa shape index (κ1) is 19.1. The second-order valence-electron chi connectivity index (χ2n) is 6.36. The highest BCUT2D eigenvalue weighted by Crippen LogP contribution is 2.32. The highest BCUT2D eigenvalue weighted by molar-refractivity contribution is 5.82. The second-order valence-corrected chi connectivity index (χ2v) is 6.36. The summed E-state index contributed by atoms with van der Waals surface area (Å²) >= 11 is 0. The van der Waals surface area contributed by atoms with Crippen LogP contribution < -0.4 is 10.5 Å². The van der Waals surface area contributed by atoms with Crippen LogP contribution in [0.3, 0.4) is 0 Å². The number of nitrogens with two attached hydrogens (primary N) is 1. The van der Waals surface area contributed by atoms with Gasteiger partial charge in [0.15, 0.2) is 17.7 Å². The van der Waals surface area contributed by atoms with Crippen LogP contribution in [0, 0.1) is 0 Å². The molecule has 0 spiro atoms. The van der Waals surface area contributed by atoms with Crippen molar-refractivity contribution in [1.82, 2.24) is 19.5 Å². The predicted molar refractivity (Wildman–Crippen MR) is 99.9 cm³/mol. The van der Waals surface area contributed by atoms with E-state index in [1.54, 1.807) is 31.4 Å². The molecule has 1 aromatic carbocycles. The summed E-state index contributed by atoms with van der Waals surface area (Å²) in [5, 5.41) is 37.6. The molecule has 12 heteroatoms. The Balaban J connectivity index is 1.67. The molecule has 1 aliphatic rings. The summed E-state index contributed by atoms with van der Waals surface area (Å²) in [4.78, 5) is 12.5. The van der Waals surface area contributed by atoms with Crippen molar-refractivity contribution in [3.05, 3.63) is 30.6 Å². The molecule has 12 nitrogen and oxygen atoms in total. The van der Waals surface area contributed by atoms with E-state index in [1.807, 2.05) is 0 Å². The molecule has 1 saturated heterocycles. The van der Waals surface area contributed by atoms with Crippen LogP contribution in [0.4, 0.5) is 17.5 Å². The number of aromatic nitrogens is 4. The zero-order valence-electron chi connectivity index (χ0n) is 15.3. The number of nitrogens with zero attached hydrogens (tertiary/aromatic N) is 6. The van der Waals surface area contributed by atoms with Crippen LogP contribution in [0.15, 0.2) is 40.8 Å². The van der Waals surface area contributed by atoms with Crippen LogP contribution in [0.1, 0.15) is 6.23 Å². The smallest absolute Gasteiger partial charge is 0.272 e. The minimum atomic E-state index is -1.29. The zero-order valence-corrected chi connectivity index (χ0v) is 15.3. The Bertz CT molecular complexity index is 1040. The monoisotopic (exact) mass is 401 g/mol. The Morgan fingerprint density at radius 1 is 1.17 bits per heavy atom. The Labute approximate surface area is 164 Å². The number of fused-ring (bicyclic) bond motifs is 1. The molecule has 5 N–H and O–H groups in total. The Morgan fingerprint density at radius 3 is 2.59 bits per heavy atom. The van der Waals surface area contributed by atoms with Crippen LogP contribution in [0.5, 0.6) is 5.75 Å². The molecule has 3 aromatic rings. The maximum Gasteiger partial charge on any atom is 0.272 e. The fourth-order valence-electron chi connectivity index (χ4n) is 3.02. The molecule has 29 heavy (non-hydrogen) atoms. The minimum Gasteiger partial charge on any atom is -0.497 e. The fraction of sp³-hybridized carbons (Fsp3) is 0.353. The molecule has 0 radical (unpaired) electrons. The summed E-state index contributed by atoms with van der Waals surface area (Å²) < 4.78 is 12.0. The van der Waals surface area contributed by atoms with Gasteiger partial charge in [0, 0.05) is 0 Å². The van der Waals surface area contributed by atoms with E-state index >= 15 is 0 Å². The summed E-state index contributed by atoms with van der Waals surface area (Å²) in [7, 11) is 1.57. The van der Waals surface area contributed by atoms with Crippen molar-refractivity contribution in [1.29, 1.82) is 0 Å². The van der Waals surface area contributed by atoms with E-state index < -0.39 is 31.1 Å². The van der Waals surface area contributed by atoms with E-state index in [1.165, 1.54) is 10.9 Å². The number of anilines is 1. The van der Waals surface area contributed by atoms with Crippen molar-refractivity contribution in [3.63, 3.8) is 0 Å². The third-order valence-electron chi connectivity index (χ3n) is 4.56. The van der Waals surface area contributed by atoms with Crippen molar-refractivity contribution < 1.29 is 24.8 Å². The van der Waals surface area contributed by atoms with Crippen LogP contribution in [-0.4, -0.2) is 66.9 Å². The molecule has 0 bridgehead atoms. The predicted octanol–water partition coefficient (Wildman–Crippen LogP) is 0.444. The molecule has 1 fully saturated rings. The number of benzene rings is 1. The quantitative estimate of drug-likeness (QED) is 0.442. The highest BCUT2D eigenvalue weighted by atomic mass is 16.6. The number of aliphatic hydroxyl groups excluding tert-OH is 3. The van der Waals surface area contributed by atoms with Crippen molar-refractivity contribution in [3.8, 4) is 5.75 Å². The summed E-state index contributed by atoms with van der Waals surface area (Å²) in [5.41, 5.74) is 7.04. The molecule has 152 valence electrons. The van der Waals surface area contributed by atoms with Gasteiger partial charge in [-0.25, -0.2) is 4.98 Å². The number of imidazole rings is 1. The third kappa shape index (κ3) is 3.49. The van der Waals surface area contributed by atoms with E-state index in [0.29, 0.717) is 11.4 Å². The number of azo groups is 1. The van der Waals surface area contributed by atoms with Gasteiger partial charge in [0.05, 0.1) is 25.7 Å². The van der Waals surface area contributed by atoms with Crippen molar-refractivity contribution in [2.75, 3.05) is 19.5 Å². The number of methoxy groups -OCH3 is 1. The number of hydrogen-bond acceptors (Lipinski definition) is 11. The first-order valence-electron chi connectivity index (χ1n) is 8.70. The van der Waals surface area contributed by atoms with Gasteiger partial charge in [-0.3, -0.25) is 4.57 Å². The molecular formula is C17H19N7O5. The Hall–Kier alpha value is -3.19. The molecule has 0 amide bonds. The third-order valence-corrected chi connectivity index (χ3v) is 4.56. The first-order chi connectivity index (χ1) is 14.0. The number of nitrogen functional groups attached to an aromatic ring is 1. The summed E-state index contributed by atoms with van der Waals surface area (Å²) in [6.45, 7) is -0.445. The van der Waals surface area contributed by atoms with E-state index in [9.17, 15) is 15.3 Å². The molecule has 4 atom stereocenters. The normalized spacial score (nSPS) is 24.6. The Kier molecular flexibility index (Phi) is 5.07. The van der Waals surface area contributed by atoms with E-state index in [4.69, 9.17) is 15.2 Å². The first-order valence-corrected chi connectivity index (χ1v) is 8.70. The van der Waals surface area contributed by atoms with E-state index in [2.05, 4.69) is 25.2 Å². The molecule has 0 unspecified atom stereocenters. The van der Waals surface area contributed by atoms with Gasteiger partial charge in [-0.15, -0.1) is 10.2 Å². The van der Waals surface area contributed by atoms with E-state index in [-0.39, 0.29) is 22.9 Å². The number of rotatable bonds is 5. The summed E-state index contributed by atoms with van der Waals surface area (Å²) in [5.74, 6) is 0.747. The molecule has 0 saturated carbocycles. The summed E-state index contributed by atoms with van der Waals surface area (Å²) in [6, 6.07) is 6.91. The van der Waals surface area contributed by atoms with Crippen LogP contribution in [0.2, 0.25) is 0 Å². The average Bonchev–Trinajstić information content (AvgIpc) is 3.28. The standard InChI is InChI=1S/C17H19N7O5/c1-28-9-4-2-8(3-5-9)22-23-17-20-14(18)11-15(21-17)24(7-19-11)16-13(27)12(26)10(6-25)29-16/h2-5,7,10,12-13,16,25-27H,6H2,1H3,(H2,18,20,21)/t10-,12-,13-,16-/m1/s1. The van der Waals surface area contributed by atoms with Crippen molar-refractivity contribution in [2.45, 2.75) is 24.5 Å². The lowest BCUT2D eigenvalue weighted by molar-refractivity contribution is -0.0511. The zero-order chi connectivity index (χ0) is 20.5. The molecular weight excluding hydrogens is 382 g/mol. The molecule has 2 aromatic heterocycles. The topological polar surface area (TPSA) is 173 Å². The van der Waals surface area contributed by atoms with Gasteiger partial charge in [0.1, 0.15) is 29.6 Å². The van der Waals surface area contributed by atoms with Crippen molar-refractivity contribution in [2.24, 2.45) is 10.2 Å². The molecule has 3 heterocycles. The SMILES string of the molecule is COc1ccc(N=Nc2nc(N)c3ncn([C@@H]4O[C@H](CO)[C@@H](O)[C@H]4O)c3n2)cc1. The van der Waals surface area contributed by atoms with Crippen LogP contribution >= 0.6 is 0 Å². The molecule has 4 rings (SSSR count). The van der Waals surface area contributed by atoms with Gasteiger partial charge < -0.3 is 30.5 Å². The van der Waals surface area contributed by atoms with Gasteiger partial charge in [0.25, 0.3) is 5.95 Å². The largest absolute Gasteiger partial charge is 0.497 e. The van der Waals surface area contributed by atoms with E-state index in [0.717, 1.165) is 0 Å². The summed E-state index contributed by atoms with van der Waals surface area (Å²) in [6.07, 6.45) is -3.12. The van der Waals surface area contributed by atoms with Crippen LogP contribution in [-0.2, 0) is 4.74 Å². The number of ether oxygens (including phenoxy) is 2. The van der Waals surface area contributed by atoms with Gasteiger partial charge >= 0.3 is 0 Å². The molecule has 1 aliphatic heterocycles. The highest BCUT2D eigenvalue weighted by Gasteiger charge is 2.44. The average molecular weight is 401 g/mol.